The summed E-state index contributed by atoms with van der Waals surface area (Å²) in [5.41, 5.74) is 2.29. The van der Waals surface area contributed by atoms with Gasteiger partial charge in [-0.05, 0) is 65.6 Å². The number of hydrogen-bond donors (Lipinski definition) is 1. The zero-order valence-electron chi connectivity index (χ0n) is 18.2. The van der Waals surface area contributed by atoms with Crippen LogP contribution >= 0.6 is 0 Å². The van der Waals surface area contributed by atoms with Crippen molar-refractivity contribution in [2.24, 2.45) is 5.41 Å². The average Bonchev–Trinajstić information content (AvgIpc) is 2.89. The highest BCUT2D eigenvalue weighted by Gasteiger charge is 2.64. The number of carbonyl (C=O) groups excluding carboxylic acids is 1. The topological polar surface area (TPSA) is 54.9 Å². The third kappa shape index (κ3) is 2.96. The molecule has 2 aliphatic carbocycles. The lowest BCUT2D eigenvalue weighted by Gasteiger charge is -2.46. The molecular weight excluding hydrogens is 408 g/mol. The first-order valence-corrected chi connectivity index (χ1v) is 11.0. The Hall–Kier alpha value is -3.15. The first-order valence-electron chi connectivity index (χ1n) is 11.0. The molecule has 5 rings (SSSR count). The maximum atomic E-state index is 14.4. The molecular formula is C26H25F2N3O. The number of rotatable bonds is 4. The van der Waals surface area contributed by atoms with Crippen LogP contribution in [0.4, 0.5) is 8.78 Å². The fourth-order valence-corrected chi connectivity index (χ4v) is 5.77. The molecule has 6 heteroatoms. The number of nitrogens with one attached hydrogen (secondary N) is 1. The Morgan fingerprint density at radius 1 is 1.09 bits per heavy atom. The molecule has 0 unspecified atom stereocenters. The third-order valence-corrected chi connectivity index (χ3v) is 7.52. The number of carbonyl (C=O) groups is 1. The molecule has 32 heavy (non-hydrogen) atoms. The lowest BCUT2D eigenvalue weighted by Crippen LogP contribution is -2.54. The predicted molar refractivity (Wildman–Crippen MR) is 118 cm³/mol. The van der Waals surface area contributed by atoms with E-state index in [1.165, 1.54) is 18.2 Å². The molecule has 2 aliphatic rings. The SMILES string of the molecule is CC1(C)[C@@H]2CCC[C@@]1(C(=O)NCc1ccc(F)cc1)c1nnc(-c3ccccc3F)cc12. The van der Waals surface area contributed by atoms with Gasteiger partial charge in [-0.1, -0.05) is 44.5 Å². The van der Waals surface area contributed by atoms with Crippen LogP contribution in [0.1, 0.15) is 55.8 Å². The van der Waals surface area contributed by atoms with Gasteiger partial charge < -0.3 is 5.32 Å². The van der Waals surface area contributed by atoms with Gasteiger partial charge in [0.05, 0.1) is 16.8 Å². The van der Waals surface area contributed by atoms with Crippen LogP contribution < -0.4 is 5.32 Å². The van der Waals surface area contributed by atoms with Gasteiger partial charge in [-0.25, -0.2) is 8.78 Å². The van der Waals surface area contributed by atoms with Crippen LogP contribution in [-0.4, -0.2) is 16.1 Å². The molecule has 2 atom stereocenters. The Morgan fingerprint density at radius 3 is 2.59 bits per heavy atom. The zero-order chi connectivity index (χ0) is 22.5. The fourth-order valence-electron chi connectivity index (χ4n) is 5.77. The van der Waals surface area contributed by atoms with Crippen molar-refractivity contribution >= 4 is 5.91 Å². The highest BCUT2D eigenvalue weighted by molar-refractivity contribution is 5.91. The summed E-state index contributed by atoms with van der Waals surface area (Å²) in [5.74, 6) is -0.582. The number of fused-ring (bicyclic) bond motifs is 5. The standard InChI is InChI=1S/C26H25F2N3O/c1-25(2)20-7-5-13-26(25,24(32)29-15-16-9-11-17(27)12-10-16)23-19(20)14-22(30-31-23)18-6-3-4-8-21(18)28/h3-4,6,8-12,14,20H,5,7,13,15H2,1-2H3,(H,29,32)/t20-,26+/m1/s1. The largest absolute Gasteiger partial charge is 0.351 e. The first kappa shape index (κ1) is 20.7. The Balaban J connectivity index is 1.53. The molecule has 1 N–H and O–H groups in total. The minimum atomic E-state index is -0.800. The van der Waals surface area contributed by atoms with E-state index >= 15 is 0 Å². The van der Waals surface area contributed by atoms with Crippen LogP contribution in [0.3, 0.4) is 0 Å². The lowest BCUT2D eigenvalue weighted by molar-refractivity contribution is -0.133. The highest BCUT2D eigenvalue weighted by atomic mass is 19.1. The minimum absolute atomic E-state index is 0.0804. The molecule has 1 saturated carbocycles. The van der Waals surface area contributed by atoms with E-state index < -0.39 is 5.41 Å². The number of benzene rings is 2. The van der Waals surface area contributed by atoms with Gasteiger partial charge in [0.25, 0.3) is 0 Å². The van der Waals surface area contributed by atoms with E-state index in [2.05, 4.69) is 29.4 Å². The second kappa shape index (κ2) is 7.47. The number of aromatic nitrogens is 2. The molecule has 164 valence electrons. The quantitative estimate of drug-likeness (QED) is 0.609. The van der Waals surface area contributed by atoms with Crippen molar-refractivity contribution < 1.29 is 13.6 Å². The molecule has 1 heterocycles. The molecule has 0 spiro atoms. The van der Waals surface area contributed by atoms with Gasteiger partial charge >= 0.3 is 0 Å². The average molecular weight is 434 g/mol. The Kier molecular flexibility index (Phi) is 4.84. The summed E-state index contributed by atoms with van der Waals surface area (Å²) in [4.78, 5) is 13.7. The highest BCUT2D eigenvalue weighted by Crippen LogP contribution is 2.65. The van der Waals surface area contributed by atoms with Crippen LogP contribution in [0, 0.1) is 17.0 Å². The van der Waals surface area contributed by atoms with Crippen molar-refractivity contribution in [2.45, 2.75) is 51.0 Å². The molecule has 4 nitrogen and oxygen atoms in total. The summed E-state index contributed by atoms with van der Waals surface area (Å²) >= 11 is 0. The maximum Gasteiger partial charge on any atom is 0.233 e. The van der Waals surface area contributed by atoms with Crippen LogP contribution in [0.2, 0.25) is 0 Å². The van der Waals surface area contributed by atoms with Crippen molar-refractivity contribution in [3.63, 3.8) is 0 Å². The van der Waals surface area contributed by atoms with E-state index in [1.807, 2.05) is 6.07 Å². The Labute approximate surface area is 186 Å². The smallest absolute Gasteiger partial charge is 0.233 e. The zero-order valence-corrected chi connectivity index (χ0v) is 18.2. The second-order valence-corrected chi connectivity index (χ2v) is 9.39. The summed E-state index contributed by atoms with van der Waals surface area (Å²) in [6.07, 6.45) is 2.55. The monoisotopic (exact) mass is 433 g/mol. The number of nitrogens with zero attached hydrogens (tertiary/aromatic N) is 2. The van der Waals surface area contributed by atoms with Crippen molar-refractivity contribution in [2.75, 3.05) is 0 Å². The van der Waals surface area contributed by atoms with E-state index in [-0.39, 0.29) is 28.9 Å². The maximum absolute atomic E-state index is 14.4. The molecule has 0 aliphatic heterocycles. The summed E-state index contributed by atoms with van der Waals surface area (Å²) in [5, 5.41) is 12.0. The van der Waals surface area contributed by atoms with Gasteiger partial charge in [0.1, 0.15) is 11.6 Å². The molecule has 1 amide bonds. The summed E-state index contributed by atoms with van der Waals surface area (Å²) in [6, 6.07) is 14.6. The number of amides is 1. The van der Waals surface area contributed by atoms with Gasteiger partial charge in [0, 0.05) is 12.1 Å². The predicted octanol–water partition coefficient (Wildman–Crippen LogP) is 5.28. The van der Waals surface area contributed by atoms with E-state index in [4.69, 9.17) is 0 Å². The van der Waals surface area contributed by atoms with Crippen LogP contribution in [0.15, 0.2) is 54.6 Å². The number of hydrogen-bond acceptors (Lipinski definition) is 3. The molecule has 1 aromatic heterocycles. The summed E-state index contributed by atoms with van der Waals surface area (Å²) < 4.78 is 27.6. The van der Waals surface area contributed by atoms with Gasteiger partial charge in [-0.2, -0.15) is 10.2 Å². The van der Waals surface area contributed by atoms with Gasteiger partial charge in [0.15, 0.2) is 0 Å². The third-order valence-electron chi connectivity index (χ3n) is 7.52. The first-order chi connectivity index (χ1) is 15.3. The molecule has 3 aromatic rings. The van der Waals surface area contributed by atoms with Gasteiger partial charge in [-0.15, -0.1) is 0 Å². The fraction of sp³-hybridized carbons (Fsp3) is 0.346. The van der Waals surface area contributed by atoms with Gasteiger partial charge in [-0.3, -0.25) is 4.79 Å². The molecule has 0 saturated heterocycles. The van der Waals surface area contributed by atoms with Crippen molar-refractivity contribution in [1.82, 2.24) is 15.5 Å². The van der Waals surface area contributed by atoms with Crippen molar-refractivity contribution in [3.05, 3.63) is 83.1 Å². The Bertz CT molecular complexity index is 1190. The lowest BCUT2D eigenvalue weighted by atomic mass is 9.56. The molecule has 1 fully saturated rings. The van der Waals surface area contributed by atoms with Crippen LogP contribution in [0.25, 0.3) is 11.3 Å². The van der Waals surface area contributed by atoms with Gasteiger partial charge in [0.2, 0.25) is 5.91 Å². The second-order valence-electron chi connectivity index (χ2n) is 9.39. The Morgan fingerprint density at radius 2 is 1.84 bits per heavy atom. The van der Waals surface area contributed by atoms with Crippen LogP contribution in [-0.2, 0) is 16.8 Å². The van der Waals surface area contributed by atoms with E-state index in [0.717, 1.165) is 24.0 Å². The van der Waals surface area contributed by atoms with E-state index in [9.17, 15) is 13.6 Å². The van der Waals surface area contributed by atoms with E-state index in [1.54, 1.807) is 30.3 Å². The summed E-state index contributed by atoms with van der Waals surface area (Å²) in [7, 11) is 0. The molecule has 2 bridgehead atoms. The number of halogens is 2. The normalized spacial score (nSPS) is 22.9. The molecule has 0 radical (unpaired) electrons. The molecule has 2 aromatic carbocycles. The van der Waals surface area contributed by atoms with Crippen LogP contribution in [0.5, 0.6) is 0 Å². The van der Waals surface area contributed by atoms with Crippen molar-refractivity contribution in [1.29, 1.82) is 0 Å². The van der Waals surface area contributed by atoms with E-state index in [0.29, 0.717) is 29.9 Å². The minimum Gasteiger partial charge on any atom is -0.351 e. The summed E-state index contributed by atoms with van der Waals surface area (Å²) in [6.45, 7) is 4.56. The van der Waals surface area contributed by atoms with Crippen molar-refractivity contribution in [3.8, 4) is 11.3 Å².